The summed E-state index contributed by atoms with van der Waals surface area (Å²) in [6, 6.07) is 0. The van der Waals surface area contributed by atoms with E-state index in [9.17, 15) is 0 Å². The third-order valence-corrected chi connectivity index (χ3v) is 4.27. The zero-order chi connectivity index (χ0) is 14.2. The smallest absolute Gasteiger partial charge is 0.0327 e. The zero-order valence-corrected chi connectivity index (χ0v) is 13.6. The van der Waals surface area contributed by atoms with Gasteiger partial charge in [0.05, 0.1) is 0 Å². The molecule has 0 fully saturated rings. The van der Waals surface area contributed by atoms with Gasteiger partial charge in [0.15, 0.2) is 0 Å². The molecule has 0 saturated heterocycles. The number of hydrogen-bond acceptors (Lipinski definition) is 1. The molecule has 18 heavy (non-hydrogen) atoms. The van der Waals surface area contributed by atoms with Crippen molar-refractivity contribution < 1.29 is 0 Å². The first-order valence-electron chi connectivity index (χ1n) is 7.08. The SMILES string of the molecule is CNC1=CCC(C)(C(C)(C)C)C=C1CC(C)(C)C. The Morgan fingerprint density at radius 2 is 1.72 bits per heavy atom. The van der Waals surface area contributed by atoms with Crippen LogP contribution in [0.25, 0.3) is 0 Å². The standard InChI is InChI=1S/C17H31N/c1-15(2,3)11-13-12-17(7,16(4,5)6)10-9-14(13)18-8/h9,12,18H,10-11H2,1-8H3. The summed E-state index contributed by atoms with van der Waals surface area (Å²) in [7, 11) is 2.03. The molecule has 0 aromatic rings. The Morgan fingerprint density at radius 1 is 1.17 bits per heavy atom. The van der Waals surface area contributed by atoms with Crippen molar-refractivity contribution >= 4 is 0 Å². The van der Waals surface area contributed by atoms with Crippen LogP contribution in [0.3, 0.4) is 0 Å². The first-order chi connectivity index (χ1) is 7.98. The van der Waals surface area contributed by atoms with Crippen molar-refractivity contribution in [2.75, 3.05) is 7.05 Å². The fourth-order valence-corrected chi connectivity index (χ4v) is 2.47. The van der Waals surface area contributed by atoms with Gasteiger partial charge in [-0.2, -0.15) is 0 Å². The summed E-state index contributed by atoms with van der Waals surface area (Å²) in [4.78, 5) is 0. The van der Waals surface area contributed by atoms with E-state index in [1.54, 1.807) is 0 Å². The van der Waals surface area contributed by atoms with Crippen LogP contribution < -0.4 is 5.32 Å². The van der Waals surface area contributed by atoms with Crippen LogP contribution in [0.5, 0.6) is 0 Å². The maximum atomic E-state index is 3.36. The average molecular weight is 249 g/mol. The summed E-state index contributed by atoms with van der Waals surface area (Å²) in [5, 5.41) is 3.36. The Balaban J connectivity index is 3.10. The first-order valence-corrected chi connectivity index (χ1v) is 7.08. The maximum absolute atomic E-state index is 3.36. The molecule has 0 heterocycles. The van der Waals surface area contributed by atoms with Gasteiger partial charge in [0.2, 0.25) is 0 Å². The molecule has 0 aliphatic heterocycles. The molecule has 0 spiro atoms. The highest BCUT2D eigenvalue weighted by Gasteiger charge is 2.37. The van der Waals surface area contributed by atoms with E-state index in [2.05, 4.69) is 65.9 Å². The zero-order valence-electron chi connectivity index (χ0n) is 13.6. The highest BCUT2D eigenvalue weighted by molar-refractivity contribution is 5.36. The third-order valence-electron chi connectivity index (χ3n) is 4.27. The quantitative estimate of drug-likeness (QED) is 0.733. The van der Waals surface area contributed by atoms with Gasteiger partial charge in [-0.3, -0.25) is 0 Å². The molecule has 1 N–H and O–H groups in total. The van der Waals surface area contributed by atoms with Gasteiger partial charge in [-0.25, -0.2) is 0 Å². The van der Waals surface area contributed by atoms with Crippen LogP contribution in [0.2, 0.25) is 0 Å². The largest absolute Gasteiger partial charge is 0.388 e. The summed E-state index contributed by atoms with van der Waals surface area (Å²) >= 11 is 0. The fourth-order valence-electron chi connectivity index (χ4n) is 2.47. The van der Waals surface area contributed by atoms with E-state index in [0.29, 0.717) is 10.8 Å². The predicted octanol–water partition coefficient (Wildman–Crippen LogP) is 4.91. The Kier molecular flexibility index (Phi) is 4.05. The van der Waals surface area contributed by atoms with E-state index in [4.69, 9.17) is 0 Å². The molecule has 1 rings (SSSR count). The summed E-state index contributed by atoms with van der Waals surface area (Å²) in [5.41, 5.74) is 3.69. The van der Waals surface area contributed by atoms with Crippen molar-refractivity contribution in [1.82, 2.24) is 5.32 Å². The molecule has 1 aliphatic rings. The van der Waals surface area contributed by atoms with Crippen LogP contribution in [0.15, 0.2) is 23.4 Å². The lowest BCUT2D eigenvalue weighted by atomic mass is 9.63. The lowest BCUT2D eigenvalue weighted by molar-refractivity contribution is 0.167. The number of hydrogen-bond donors (Lipinski definition) is 1. The molecule has 0 saturated carbocycles. The van der Waals surface area contributed by atoms with Gasteiger partial charge >= 0.3 is 0 Å². The summed E-state index contributed by atoms with van der Waals surface area (Å²) in [6.45, 7) is 16.3. The van der Waals surface area contributed by atoms with Crippen molar-refractivity contribution in [3.05, 3.63) is 23.4 Å². The topological polar surface area (TPSA) is 12.0 Å². The number of nitrogens with one attached hydrogen (secondary N) is 1. The minimum absolute atomic E-state index is 0.258. The molecule has 1 atom stereocenters. The molecule has 0 aromatic carbocycles. The van der Waals surface area contributed by atoms with Crippen molar-refractivity contribution in [3.8, 4) is 0 Å². The minimum atomic E-state index is 0.258. The van der Waals surface area contributed by atoms with Gasteiger partial charge in [0.25, 0.3) is 0 Å². The van der Waals surface area contributed by atoms with E-state index in [-0.39, 0.29) is 5.41 Å². The van der Waals surface area contributed by atoms with E-state index < -0.39 is 0 Å². The molecule has 1 nitrogen and oxygen atoms in total. The molecule has 0 aromatic heterocycles. The minimum Gasteiger partial charge on any atom is -0.388 e. The van der Waals surface area contributed by atoms with Crippen LogP contribution in [-0.4, -0.2) is 7.05 Å². The molecular formula is C17H31N. The van der Waals surface area contributed by atoms with E-state index in [0.717, 1.165) is 12.8 Å². The Labute approximate surface area is 114 Å². The second-order valence-electron chi connectivity index (χ2n) is 8.15. The van der Waals surface area contributed by atoms with Crippen LogP contribution in [0.1, 0.15) is 61.3 Å². The maximum Gasteiger partial charge on any atom is 0.0327 e. The second-order valence-corrected chi connectivity index (χ2v) is 8.15. The predicted molar refractivity (Wildman–Crippen MR) is 81.5 cm³/mol. The molecule has 1 heteroatoms. The Hall–Kier alpha value is -0.720. The van der Waals surface area contributed by atoms with Gasteiger partial charge in [-0.1, -0.05) is 60.6 Å². The average Bonchev–Trinajstić information content (AvgIpc) is 2.13. The second kappa shape index (κ2) is 4.75. The van der Waals surface area contributed by atoms with Crippen LogP contribution in [-0.2, 0) is 0 Å². The highest BCUT2D eigenvalue weighted by atomic mass is 14.8. The highest BCUT2D eigenvalue weighted by Crippen LogP contribution is 2.47. The Morgan fingerprint density at radius 3 is 2.11 bits per heavy atom. The van der Waals surface area contributed by atoms with Gasteiger partial charge in [-0.15, -0.1) is 0 Å². The fraction of sp³-hybridized carbons (Fsp3) is 0.765. The number of allylic oxidation sites excluding steroid dienone is 3. The molecule has 0 radical (unpaired) electrons. The van der Waals surface area contributed by atoms with Crippen LogP contribution in [0, 0.1) is 16.2 Å². The van der Waals surface area contributed by atoms with Gasteiger partial charge in [-0.05, 0) is 34.7 Å². The van der Waals surface area contributed by atoms with Crippen molar-refractivity contribution in [2.45, 2.75) is 61.3 Å². The normalized spacial score (nSPS) is 25.6. The lowest BCUT2D eigenvalue weighted by Gasteiger charge is -2.43. The summed E-state index contributed by atoms with van der Waals surface area (Å²) in [5.74, 6) is 0. The van der Waals surface area contributed by atoms with Crippen molar-refractivity contribution in [2.24, 2.45) is 16.2 Å². The molecular weight excluding hydrogens is 218 g/mol. The first kappa shape index (κ1) is 15.3. The lowest BCUT2D eigenvalue weighted by Crippen LogP contribution is -2.34. The molecule has 1 unspecified atom stereocenters. The van der Waals surface area contributed by atoms with Gasteiger partial charge in [0.1, 0.15) is 0 Å². The number of likely N-dealkylation sites (N-methyl/N-ethyl adjacent to an activating group) is 1. The van der Waals surface area contributed by atoms with E-state index in [1.807, 2.05) is 7.05 Å². The summed E-state index contributed by atoms with van der Waals surface area (Å²) < 4.78 is 0. The van der Waals surface area contributed by atoms with Crippen molar-refractivity contribution in [3.63, 3.8) is 0 Å². The molecule has 0 amide bonds. The molecule has 1 aliphatic carbocycles. The van der Waals surface area contributed by atoms with Crippen molar-refractivity contribution in [1.29, 1.82) is 0 Å². The molecule has 104 valence electrons. The Bertz CT molecular complexity index is 360. The van der Waals surface area contributed by atoms with Crippen LogP contribution in [0.4, 0.5) is 0 Å². The third kappa shape index (κ3) is 3.40. The van der Waals surface area contributed by atoms with Gasteiger partial charge < -0.3 is 5.32 Å². The summed E-state index contributed by atoms with van der Waals surface area (Å²) in [6.07, 6.45) is 7.15. The van der Waals surface area contributed by atoms with Crippen LogP contribution >= 0.6 is 0 Å². The van der Waals surface area contributed by atoms with E-state index in [1.165, 1.54) is 11.3 Å². The van der Waals surface area contributed by atoms with E-state index >= 15 is 0 Å². The molecule has 0 bridgehead atoms. The number of rotatable bonds is 2. The van der Waals surface area contributed by atoms with Gasteiger partial charge in [0, 0.05) is 12.7 Å². The monoisotopic (exact) mass is 249 g/mol.